The number of aromatic amines is 2. The number of hydrogen-bond donors (Lipinski definition) is 2. The molecule has 0 amide bonds. The number of rotatable bonds is 2. The summed E-state index contributed by atoms with van der Waals surface area (Å²) in [6.45, 7) is 2.28. The van der Waals surface area contributed by atoms with Crippen LogP contribution in [-0.2, 0) is 6.42 Å². The van der Waals surface area contributed by atoms with Crippen LogP contribution in [0.2, 0.25) is 0 Å². The average Bonchev–Trinajstić information content (AvgIpc) is 2.86. The lowest BCUT2D eigenvalue weighted by Gasteiger charge is -2.09. The van der Waals surface area contributed by atoms with Crippen LogP contribution in [0.5, 0.6) is 0 Å². The molecular formula is C14H16N2O. The second-order valence-corrected chi connectivity index (χ2v) is 4.93. The monoisotopic (exact) mass is 228 g/mol. The zero-order valence-electron chi connectivity index (χ0n) is 9.86. The summed E-state index contributed by atoms with van der Waals surface area (Å²) in [4.78, 5) is 16.6. The van der Waals surface area contributed by atoms with Gasteiger partial charge in [-0.05, 0) is 35.8 Å². The Bertz CT molecular complexity index is 582. The maximum atomic E-state index is 11.1. The molecule has 2 unspecified atom stereocenters. The first-order valence-corrected chi connectivity index (χ1v) is 6.09. The summed E-state index contributed by atoms with van der Waals surface area (Å²) in [6, 6.07) is 8.65. The van der Waals surface area contributed by atoms with Crippen LogP contribution in [-0.4, -0.2) is 9.97 Å². The third-order valence-corrected chi connectivity index (χ3v) is 3.72. The SMILES string of the molecule is CC1CC(Cc2c[nH]c(=O)[nH]2)c2ccccc21. The molecule has 88 valence electrons. The molecule has 1 aliphatic rings. The van der Waals surface area contributed by atoms with Gasteiger partial charge in [-0.2, -0.15) is 0 Å². The van der Waals surface area contributed by atoms with E-state index >= 15 is 0 Å². The van der Waals surface area contributed by atoms with Gasteiger partial charge in [-0.25, -0.2) is 4.79 Å². The van der Waals surface area contributed by atoms with Crippen molar-refractivity contribution in [3.8, 4) is 0 Å². The lowest BCUT2D eigenvalue weighted by molar-refractivity contribution is 0.610. The Hall–Kier alpha value is -1.77. The predicted molar refractivity (Wildman–Crippen MR) is 67.3 cm³/mol. The summed E-state index contributed by atoms with van der Waals surface area (Å²) >= 11 is 0. The lowest BCUT2D eigenvalue weighted by atomic mass is 9.96. The molecule has 17 heavy (non-hydrogen) atoms. The Kier molecular flexibility index (Phi) is 2.39. The topological polar surface area (TPSA) is 48.6 Å². The van der Waals surface area contributed by atoms with Crippen molar-refractivity contribution in [1.82, 2.24) is 9.97 Å². The average molecular weight is 228 g/mol. The molecule has 1 heterocycles. The maximum absolute atomic E-state index is 11.1. The second kappa shape index (κ2) is 3.91. The smallest absolute Gasteiger partial charge is 0.313 e. The van der Waals surface area contributed by atoms with Crippen LogP contribution in [0.3, 0.4) is 0 Å². The highest BCUT2D eigenvalue weighted by Crippen LogP contribution is 2.42. The molecule has 0 aliphatic heterocycles. The first-order chi connectivity index (χ1) is 8.24. The van der Waals surface area contributed by atoms with Gasteiger partial charge in [0.1, 0.15) is 0 Å². The largest absolute Gasteiger partial charge is 0.323 e. The summed E-state index contributed by atoms with van der Waals surface area (Å²) in [5.41, 5.74) is 3.81. The fraction of sp³-hybridized carbons (Fsp3) is 0.357. The predicted octanol–water partition coefficient (Wildman–Crippen LogP) is 2.54. The Balaban J connectivity index is 1.89. The first kappa shape index (κ1) is 10.4. The van der Waals surface area contributed by atoms with Gasteiger partial charge in [-0.15, -0.1) is 0 Å². The molecule has 2 aromatic rings. The molecule has 0 saturated heterocycles. The van der Waals surface area contributed by atoms with E-state index in [4.69, 9.17) is 0 Å². The molecule has 1 aromatic carbocycles. The van der Waals surface area contributed by atoms with E-state index in [-0.39, 0.29) is 5.69 Å². The van der Waals surface area contributed by atoms with Gasteiger partial charge in [0.2, 0.25) is 0 Å². The minimum Gasteiger partial charge on any atom is -0.313 e. The molecule has 0 saturated carbocycles. The van der Waals surface area contributed by atoms with Gasteiger partial charge in [-0.1, -0.05) is 31.2 Å². The standard InChI is InChI=1S/C14H16N2O/c1-9-6-10(7-11-8-15-14(17)16-11)13-5-3-2-4-12(9)13/h2-5,8-10H,6-7H2,1H3,(H2,15,16,17). The maximum Gasteiger partial charge on any atom is 0.323 e. The second-order valence-electron chi connectivity index (χ2n) is 4.93. The van der Waals surface area contributed by atoms with Gasteiger partial charge >= 0.3 is 5.69 Å². The minimum atomic E-state index is -0.112. The molecule has 3 heteroatoms. The highest BCUT2D eigenvalue weighted by Gasteiger charge is 2.27. The molecule has 2 atom stereocenters. The number of fused-ring (bicyclic) bond motifs is 1. The summed E-state index contributed by atoms with van der Waals surface area (Å²) in [7, 11) is 0. The quantitative estimate of drug-likeness (QED) is 0.815. The molecule has 3 nitrogen and oxygen atoms in total. The van der Waals surface area contributed by atoms with Crippen LogP contribution < -0.4 is 5.69 Å². The third-order valence-electron chi connectivity index (χ3n) is 3.72. The summed E-state index contributed by atoms with van der Waals surface area (Å²) < 4.78 is 0. The van der Waals surface area contributed by atoms with Gasteiger partial charge < -0.3 is 9.97 Å². The molecule has 0 fully saturated rings. The van der Waals surface area contributed by atoms with Crippen LogP contribution in [0.25, 0.3) is 0 Å². The van der Waals surface area contributed by atoms with Gasteiger partial charge in [0, 0.05) is 11.9 Å². The van der Waals surface area contributed by atoms with Crippen LogP contribution in [0, 0.1) is 0 Å². The number of hydrogen-bond acceptors (Lipinski definition) is 1. The highest BCUT2D eigenvalue weighted by molar-refractivity contribution is 5.38. The van der Waals surface area contributed by atoms with E-state index in [1.165, 1.54) is 17.5 Å². The van der Waals surface area contributed by atoms with Crippen molar-refractivity contribution < 1.29 is 0 Å². The third kappa shape index (κ3) is 1.82. The number of H-pyrrole nitrogens is 2. The van der Waals surface area contributed by atoms with Crippen molar-refractivity contribution in [2.24, 2.45) is 0 Å². The van der Waals surface area contributed by atoms with Gasteiger partial charge in [0.15, 0.2) is 0 Å². The van der Waals surface area contributed by atoms with E-state index in [0.717, 1.165) is 12.1 Å². The van der Waals surface area contributed by atoms with Gasteiger partial charge in [0.05, 0.1) is 0 Å². The van der Waals surface area contributed by atoms with Crippen LogP contribution in [0.15, 0.2) is 35.3 Å². The molecule has 2 N–H and O–H groups in total. The lowest BCUT2D eigenvalue weighted by Crippen LogP contribution is -2.04. The zero-order chi connectivity index (χ0) is 11.8. The highest BCUT2D eigenvalue weighted by atomic mass is 16.1. The molecule has 0 spiro atoms. The van der Waals surface area contributed by atoms with E-state index in [1.807, 2.05) is 0 Å². The van der Waals surface area contributed by atoms with Gasteiger partial charge in [0.25, 0.3) is 0 Å². The fourth-order valence-electron chi connectivity index (χ4n) is 2.95. The van der Waals surface area contributed by atoms with Crippen molar-refractivity contribution in [2.75, 3.05) is 0 Å². The number of aromatic nitrogens is 2. The summed E-state index contributed by atoms with van der Waals surface area (Å²) in [6.07, 6.45) is 3.88. The Morgan fingerprint density at radius 1 is 1.29 bits per heavy atom. The number of imidazole rings is 1. The van der Waals surface area contributed by atoms with E-state index < -0.39 is 0 Å². The normalized spacial score (nSPS) is 22.6. The summed E-state index contributed by atoms with van der Waals surface area (Å²) in [5.74, 6) is 1.16. The Morgan fingerprint density at radius 2 is 2.06 bits per heavy atom. The van der Waals surface area contributed by atoms with E-state index in [9.17, 15) is 4.79 Å². The van der Waals surface area contributed by atoms with Crippen molar-refractivity contribution in [3.05, 3.63) is 57.8 Å². The Labute approximate surface area is 99.9 Å². The van der Waals surface area contributed by atoms with Gasteiger partial charge in [-0.3, -0.25) is 0 Å². The zero-order valence-corrected chi connectivity index (χ0v) is 9.86. The fourth-order valence-corrected chi connectivity index (χ4v) is 2.95. The Morgan fingerprint density at radius 3 is 2.76 bits per heavy atom. The van der Waals surface area contributed by atoms with Crippen molar-refractivity contribution in [2.45, 2.75) is 31.6 Å². The number of benzene rings is 1. The molecule has 3 rings (SSSR count). The molecule has 0 radical (unpaired) electrons. The number of nitrogens with one attached hydrogen (secondary N) is 2. The van der Waals surface area contributed by atoms with Crippen LogP contribution in [0.1, 0.15) is 42.0 Å². The van der Waals surface area contributed by atoms with E-state index in [1.54, 1.807) is 6.20 Å². The molecule has 1 aliphatic carbocycles. The minimum absolute atomic E-state index is 0.112. The molecule has 0 bridgehead atoms. The van der Waals surface area contributed by atoms with E-state index in [2.05, 4.69) is 41.2 Å². The summed E-state index contributed by atoms with van der Waals surface area (Å²) in [5, 5.41) is 0. The molecular weight excluding hydrogens is 212 g/mol. The van der Waals surface area contributed by atoms with Crippen molar-refractivity contribution in [3.63, 3.8) is 0 Å². The van der Waals surface area contributed by atoms with Crippen LogP contribution >= 0.6 is 0 Å². The van der Waals surface area contributed by atoms with Crippen molar-refractivity contribution >= 4 is 0 Å². The van der Waals surface area contributed by atoms with Crippen LogP contribution in [0.4, 0.5) is 0 Å². The van der Waals surface area contributed by atoms with E-state index in [0.29, 0.717) is 11.8 Å². The molecule has 1 aromatic heterocycles. The van der Waals surface area contributed by atoms with Crippen molar-refractivity contribution in [1.29, 1.82) is 0 Å². The first-order valence-electron chi connectivity index (χ1n) is 6.09.